The summed E-state index contributed by atoms with van der Waals surface area (Å²) in [5, 5.41) is 0. The summed E-state index contributed by atoms with van der Waals surface area (Å²) in [6, 6.07) is 0.248. The predicted molar refractivity (Wildman–Crippen MR) is 107 cm³/mol. The lowest BCUT2D eigenvalue weighted by molar-refractivity contribution is 0.162. The fraction of sp³-hybridized carbons (Fsp3) is 0.955. The lowest BCUT2D eigenvalue weighted by Gasteiger charge is -2.29. The molecule has 3 atom stereocenters. The third-order valence-corrected chi connectivity index (χ3v) is 6.19. The highest BCUT2D eigenvalue weighted by Crippen LogP contribution is 2.52. The Bertz CT molecular complexity index is 447. The van der Waals surface area contributed by atoms with Crippen molar-refractivity contribution in [2.75, 3.05) is 26.2 Å². The van der Waals surface area contributed by atoms with Crippen LogP contribution in [0.4, 0.5) is 4.79 Å². The lowest BCUT2D eigenvalue weighted by Crippen LogP contribution is -2.42. The van der Waals surface area contributed by atoms with E-state index in [1.807, 2.05) is 4.90 Å². The summed E-state index contributed by atoms with van der Waals surface area (Å²) in [6.45, 7) is 19.7. The number of hydrogen-bond acceptors (Lipinski definition) is 1. The number of hydrogen-bond donors (Lipinski definition) is 0. The molecule has 1 aliphatic carbocycles. The van der Waals surface area contributed by atoms with Gasteiger partial charge < -0.3 is 9.80 Å². The predicted octanol–water partition coefficient (Wildman–Crippen LogP) is 5.65. The Kier molecular flexibility index (Phi) is 6.49. The van der Waals surface area contributed by atoms with Crippen LogP contribution in [-0.2, 0) is 0 Å². The van der Waals surface area contributed by atoms with Gasteiger partial charge in [-0.15, -0.1) is 0 Å². The second kappa shape index (κ2) is 7.88. The number of amides is 2. The first-order valence-corrected chi connectivity index (χ1v) is 10.6. The standard InChI is InChI=1S/C22H42N2O/c1-8-23(9-2)20(25)24-11-10-17(16-24)13-22(6,7)15-19-12-18(19)14-21(3,4)5/h17-19H,8-16H2,1-7H3. The van der Waals surface area contributed by atoms with Gasteiger partial charge in [0.05, 0.1) is 0 Å². The van der Waals surface area contributed by atoms with E-state index in [2.05, 4.69) is 53.4 Å². The zero-order chi connectivity index (χ0) is 18.8. The minimum absolute atomic E-state index is 0.248. The molecular weight excluding hydrogens is 308 g/mol. The Labute approximate surface area is 156 Å². The van der Waals surface area contributed by atoms with Crippen molar-refractivity contribution in [1.29, 1.82) is 0 Å². The molecule has 2 amide bonds. The monoisotopic (exact) mass is 350 g/mol. The van der Waals surface area contributed by atoms with E-state index in [0.29, 0.717) is 16.7 Å². The average Bonchev–Trinajstić information content (AvgIpc) is 2.98. The first-order valence-electron chi connectivity index (χ1n) is 10.6. The van der Waals surface area contributed by atoms with E-state index in [1.165, 1.54) is 32.1 Å². The highest BCUT2D eigenvalue weighted by atomic mass is 16.2. The Morgan fingerprint density at radius 1 is 1.00 bits per heavy atom. The number of urea groups is 1. The van der Waals surface area contributed by atoms with Gasteiger partial charge in [0.15, 0.2) is 0 Å². The maximum Gasteiger partial charge on any atom is 0.319 e. The maximum absolute atomic E-state index is 12.5. The topological polar surface area (TPSA) is 23.6 Å². The van der Waals surface area contributed by atoms with Gasteiger partial charge in [0.25, 0.3) is 0 Å². The normalized spacial score (nSPS) is 26.8. The van der Waals surface area contributed by atoms with Gasteiger partial charge in [-0.2, -0.15) is 0 Å². The third-order valence-electron chi connectivity index (χ3n) is 6.19. The molecule has 3 heteroatoms. The van der Waals surface area contributed by atoms with Gasteiger partial charge >= 0.3 is 6.03 Å². The molecule has 146 valence electrons. The largest absolute Gasteiger partial charge is 0.325 e. The van der Waals surface area contributed by atoms with Crippen LogP contribution in [-0.4, -0.2) is 42.0 Å². The van der Waals surface area contributed by atoms with Crippen LogP contribution < -0.4 is 0 Å². The maximum atomic E-state index is 12.5. The summed E-state index contributed by atoms with van der Waals surface area (Å²) in [5.74, 6) is 2.60. The molecule has 0 radical (unpaired) electrons. The lowest BCUT2D eigenvalue weighted by atomic mass is 9.77. The van der Waals surface area contributed by atoms with E-state index in [-0.39, 0.29) is 6.03 Å². The minimum Gasteiger partial charge on any atom is -0.325 e. The van der Waals surface area contributed by atoms with E-state index < -0.39 is 0 Å². The first kappa shape index (κ1) is 20.6. The first-order chi connectivity index (χ1) is 11.5. The number of rotatable bonds is 7. The fourth-order valence-corrected chi connectivity index (χ4v) is 5.04. The van der Waals surface area contributed by atoms with Gasteiger partial charge in [-0.3, -0.25) is 0 Å². The number of nitrogens with zero attached hydrogens (tertiary/aromatic N) is 2. The average molecular weight is 351 g/mol. The zero-order valence-corrected chi connectivity index (χ0v) is 17.9. The van der Waals surface area contributed by atoms with Crippen molar-refractivity contribution >= 4 is 6.03 Å². The molecule has 2 fully saturated rings. The van der Waals surface area contributed by atoms with E-state index in [4.69, 9.17) is 0 Å². The van der Waals surface area contributed by atoms with Crippen molar-refractivity contribution in [2.45, 2.75) is 80.6 Å². The van der Waals surface area contributed by atoms with Gasteiger partial charge in [0, 0.05) is 26.2 Å². The molecule has 0 spiro atoms. The number of carbonyl (C=O) groups excluding carboxylic acids is 1. The van der Waals surface area contributed by atoms with E-state index >= 15 is 0 Å². The molecule has 0 aromatic heterocycles. The molecule has 0 aromatic carbocycles. The van der Waals surface area contributed by atoms with Gasteiger partial charge in [0.2, 0.25) is 0 Å². The fourth-order valence-electron chi connectivity index (χ4n) is 5.04. The highest BCUT2D eigenvalue weighted by Gasteiger charge is 2.43. The van der Waals surface area contributed by atoms with Crippen molar-refractivity contribution in [2.24, 2.45) is 28.6 Å². The molecule has 0 aromatic rings. The van der Waals surface area contributed by atoms with Crippen LogP contribution in [0.2, 0.25) is 0 Å². The molecule has 1 heterocycles. The van der Waals surface area contributed by atoms with Crippen LogP contribution in [0.25, 0.3) is 0 Å². The Balaban J connectivity index is 1.77. The molecule has 25 heavy (non-hydrogen) atoms. The summed E-state index contributed by atoms with van der Waals surface area (Å²) in [6.07, 6.45) is 6.65. The van der Waals surface area contributed by atoms with Crippen molar-refractivity contribution in [3.8, 4) is 0 Å². The van der Waals surface area contributed by atoms with Crippen molar-refractivity contribution < 1.29 is 4.79 Å². The molecule has 2 aliphatic rings. The van der Waals surface area contributed by atoms with Gasteiger partial charge in [0.1, 0.15) is 0 Å². The Hall–Kier alpha value is -0.730. The Morgan fingerprint density at radius 2 is 1.60 bits per heavy atom. The van der Waals surface area contributed by atoms with Crippen LogP contribution in [0.5, 0.6) is 0 Å². The summed E-state index contributed by atoms with van der Waals surface area (Å²) >= 11 is 0. The smallest absolute Gasteiger partial charge is 0.319 e. The van der Waals surface area contributed by atoms with E-state index in [9.17, 15) is 4.79 Å². The molecule has 3 unspecified atom stereocenters. The SMILES string of the molecule is CCN(CC)C(=O)N1CCC(CC(C)(C)CC2CC2CC(C)(C)C)C1. The van der Waals surface area contributed by atoms with Crippen molar-refractivity contribution in [1.82, 2.24) is 9.80 Å². The minimum atomic E-state index is 0.248. The van der Waals surface area contributed by atoms with Crippen LogP contribution in [0.1, 0.15) is 80.6 Å². The number of carbonyl (C=O) groups is 1. The van der Waals surface area contributed by atoms with Gasteiger partial charge in [-0.05, 0) is 74.5 Å². The molecule has 0 bridgehead atoms. The third kappa shape index (κ3) is 6.18. The summed E-state index contributed by atoms with van der Waals surface area (Å²) < 4.78 is 0. The van der Waals surface area contributed by atoms with E-state index in [0.717, 1.165) is 38.0 Å². The molecular formula is C22H42N2O. The molecule has 1 aliphatic heterocycles. The van der Waals surface area contributed by atoms with Crippen LogP contribution in [0.3, 0.4) is 0 Å². The van der Waals surface area contributed by atoms with E-state index in [1.54, 1.807) is 0 Å². The van der Waals surface area contributed by atoms with Crippen molar-refractivity contribution in [3.63, 3.8) is 0 Å². The summed E-state index contributed by atoms with van der Waals surface area (Å²) in [4.78, 5) is 16.6. The second-order valence-corrected chi connectivity index (χ2v) is 10.6. The van der Waals surface area contributed by atoms with Gasteiger partial charge in [-0.1, -0.05) is 34.6 Å². The summed E-state index contributed by atoms with van der Waals surface area (Å²) in [7, 11) is 0. The molecule has 0 N–H and O–H groups in total. The summed E-state index contributed by atoms with van der Waals surface area (Å²) in [5.41, 5.74) is 0.885. The molecule has 1 saturated heterocycles. The molecule has 2 rings (SSSR count). The van der Waals surface area contributed by atoms with Crippen molar-refractivity contribution in [3.05, 3.63) is 0 Å². The number of likely N-dealkylation sites (tertiary alicyclic amines) is 1. The quantitative estimate of drug-likeness (QED) is 0.582. The second-order valence-electron chi connectivity index (χ2n) is 10.6. The van der Waals surface area contributed by atoms with Gasteiger partial charge in [-0.25, -0.2) is 4.79 Å². The van der Waals surface area contributed by atoms with Crippen LogP contribution in [0.15, 0.2) is 0 Å². The molecule has 1 saturated carbocycles. The van der Waals surface area contributed by atoms with Crippen LogP contribution in [0, 0.1) is 28.6 Å². The Morgan fingerprint density at radius 3 is 2.16 bits per heavy atom. The van der Waals surface area contributed by atoms with Crippen LogP contribution >= 0.6 is 0 Å². The molecule has 3 nitrogen and oxygen atoms in total. The highest BCUT2D eigenvalue weighted by molar-refractivity contribution is 5.74. The zero-order valence-electron chi connectivity index (χ0n) is 17.9.